The fourth-order valence-electron chi connectivity index (χ4n) is 3.08. The standard InChI is InChI=1S/C16H17N7O3S2/c24-15(19-16-17-6-8-27-16)12-3-2-7-22(10-12)28(25,26)14-5-1-4-13(9-14)23-11-18-20-21-23/h1,4-6,8-9,11-12H,2-3,7,10H2,(H,17,19,24). The first-order valence-corrected chi connectivity index (χ1v) is 10.9. The topological polar surface area (TPSA) is 123 Å². The molecule has 1 aliphatic heterocycles. The predicted molar refractivity (Wildman–Crippen MR) is 101 cm³/mol. The first kappa shape index (κ1) is 18.7. The number of sulfonamides is 1. The van der Waals surface area contributed by atoms with Gasteiger partial charge in [-0.2, -0.15) is 4.31 Å². The smallest absolute Gasteiger partial charge is 0.243 e. The van der Waals surface area contributed by atoms with Crippen molar-refractivity contribution in [2.75, 3.05) is 18.4 Å². The van der Waals surface area contributed by atoms with Crippen molar-refractivity contribution in [2.24, 2.45) is 5.92 Å². The number of aromatic nitrogens is 5. The number of thiazole rings is 1. The lowest BCUT2D eigenvalue weighted by Crippen LogP contribution is -2.43. The van der Waals surface area contributed by atoms with Gasteiger partial charge in [0.25, 0.3) is 0 Å². The van der Waals surface area contributed by atoms with Gasteiger partial charge in [-0.3, -0.25) is 4.79 Å². The summed E-state index contributed by atoms with van der Waals surface area (Å²) in [6, 6.07) is 6.41. The van der Waals surface area contributed by atoms with E-state index in [2.05, 4.69) is 25.8 Å². The van der Waals surface area contributed by atoms with Crippen molar-refractivity contribution < 1.29 is 13.2 Å². The summed E-state index contributed by atoms with van der Waals surface area (Å²) in [7, 11) is -3.75. The highest BCUT2D eigenvalue weighted by Crippen LogP contribution is 2.26. The van der Waals surface area contributed by atoms with E-state index in [4.69, 9.17) is 0 Å². The molecule has 0 radical (unpaired) electrons. The van der Waals surface area contributed by atoms with Crippen LogP contribution in [-0.4, -0.2) is 56.9 Å². The number of benzene rings is 1. The largest absolute Gasteiger partial charge is 0.302 e. The highest BCUT2D eigenvalue weighted by Gasteiger charge is 2.33. The van der Waals surface area contributed by atoms with E-state index in [1.807, 2.05) is 0 Å². The second kappa shape index (κ2) is 7.73. The Morgan fingerprint density at radius 3 is 2.96 bits per heavy atom. The molecule has 28 heavy (non-hydrogen) atoms. The van der Waals surface area contributed by atoms with Gasteiger partial charge in [-0.15, -0.1) is 16.4 Å². The fourth-order valence-corrected chi connectivity index (χ4v) is 5.18. The first-order chi connectivity index (χ1) is 13.5. The molecule has 3 aromatic rings. The lowest BCUT2D eigenvalue weighted by atomic mass is 9.99. The number of rotatable bonds is 5. The molecule has 1 amide bonds. The molecule has 12 heteroatoms. The molecule has 3 heterocycles. The number of piperidine rings is 1. The van der Waals surface area contributed by atoms with Crippen LogP contribution in [0.1, 0.15) is 12.8 Å². The number of amides is 1. The molecule has 10 nitrogen and oxygen atoms in total. The summed E-state index contributed by atoms with van der Waals surface area (Å²) in [4.78, 5) is 16.7. The van der Waals surface area contributed by atoms with Gasteiger partial charge in [0.1, 0.15) is 6.33 Å². The molecule has 2 aromatic heterocycles. The van der Waals surface area contributed by atoms with Gasteiger partial charge in [0.2, 0.25) is 15.9 Å². The fraction of sp³-hybridized carbons (Fsp3) is 0.312. The second-order valence-corrected chi connectivity index (χ2v) is 9.11. The van der Waals surface area contributed by atoms with E-state index < -0.39 is 15.9 Å². The van der Waals surface area contributed by atoms with Gasteiger partial charge in [0.05, 0.1) is 16.5 Å². The van der Waals surface area contributed by atoms with Crippen molar-refractivity contribution in [1.82, 2.24) is 29.5 Å². The number of hydrogen-bond acceptors (Lipinski definition) is 8. The third kappa shape index (κ3) is 3.79. The Morgan fingerprint density at radius 2 is 2.21 bits per heavy atom. The van der Waals surface area contributed by atoms with Gasteiger partial charge in [0.15, 0.2) is 5.13 Å². The summed E-state index contributed by atoms with van der Waals surface area (Å²) in [5.74, 6) is -0.632. The summed E-state index contributed by atoms with van der Waals surface area (Å²) < 4.78 is 29.0. The van der Waals surface area contributed by atoms with Gasteiger partial charge < -0.3 is 5.32 Å². The molecular weight excluding hydrogens is 402 g/mol. The predicted octanol–water partition coefficient (Wildman–Crippen LogP) is 1.16. The van der Waals surface area contributed by atoms with Crippen LogP contribution in [0, 0.1) is 5.92 Å². The number of carbonyl (C=O) groups is 1. The normalized spacial score (nSPS) is 18.1. The maximum Gasteiger partial charge on any atom is 0.243 e. The maximum absolute atomic E-state index is 13.1. The average Bonchev–Trinajstić information content (AvgIpc) is 3.42. The van der Waals surface area contributed by atoms with E-state index in [1.54, 1.807) is 23.7 Å². The van der Waals surface area contributed by atoms with Crippen molar-refractivity contribution in [2.45, 2.75) is 17.7 Å². The van der Waals surface area contributed by atoms with Crippen molar-refractivity contribution >= 4 is 32.4 Å². The number of anilines is 1. The lowest BCUT2D eigenvalue weighted by molar-refractivity contribution is -0.120. The van der Waals surface area contributed by atoms with Crippen molar-refractivity contribution in [3.05, 3.63) is 42.2 Å². The Morgan fingerprint density at radius 1 is 1.32 bits per heavy atom. The Labute approximate surface area is 165 Å². The van der Waals surface area contributed by atoms with Crippen molar-refractivity contribution in [1.29, 1.82) is 0 Å². The SMILES string of the molecule is O=C(Nc1nccs1)C1CCCN(S(=O)(=O)c2cccc(-n3cnnn3)c2)C1. The molecule has 1 fully saturated rings. The Bertz CT molecular complexity index is 1050. The van der Waals surface area contributed by atoms with E-state index in [0.29, 0.717) is 30.2 Å². The number of carbonyl (C=O) groups excluding carboxylic acids is 1. The maximum atomic E-state index is 13.1. The van der Waals surface area contributed by atoms with Crippen LogP contribution in [0.2, 0.25) is 0 Å². The minimum Gasteiger partial charge on any atom is -0.302 e. The van der Waals surface area contributed by atoms with E-state index in [0.717, 1.165) is 0 Å². The van der Waals surface area contributed by atoms with Crippen LogP contribution in [0.5, 0.6) is 0 Å². The highest BCUT2D eigenvalue weighted by atomic mass is 32.2. The molecule has 0 spiro atoms. The summed E-state index contributed by atoms with van der Waals surface area (Å²) in [5, 5.41) is 15.9. The third-order valence-electron chi connectivity index (χ3n) is 4.49. The molecule has 1 unspecified atom stereocenters. The van der Waals surface area contributed by atoms with Crippen LogP contribution in [-0.2, 0) is 14.8 Å². The number of tetrazole rings is 1. The zero-order chi connectivity index (χ0) is 19.6. The van der Waals surface area contributed by atoms with Gasteiger partial charge in [-0.1, -0.05) is 6.07 Å². The lowest BCUT2D eigenvalue weighted by Gasteiger charge is -2.31. The molecule has 0 bridgehead atoms. The van der Waals surface area contributed by atoms with Gasteiger partial charge in [-0.05, 0) is 41.5 Å². The van der Waals surface area contributed by atoms with E-state index in [-0.39, 0.29) is 17.3 Å². The Kier molecular flexibility index (Phi) is 5.15. The van der Waals surface area contributed by atoms with E-state index in [1.165, 1.54) is 38.8 Å². The molecule has 1 aliphatic rings. The van der Waals surface area contributed by atoms with Gasteiger partial charge in [0, 0.05) is 24.7 Å². The second-order valence-electron chi connectivity index (χ2n) is 6.28. The van der Waals surface area contributed by atoms with Crippen LogP contribution in [0.4, 0.5) is 5.13 Å². The van der Waals surface area contributed by atoms with E-state index in [9.17, 15) is 13.2 Å². The molecule has 1 saturated heterocycles. The minimum absolute atomic E-state index is 0.134. The first-order valence-electron chi connectivity index (χ1n) is 8.58. The monoisotopic (exact) mass is 419 g/mol. The third-order valence-corrected chi connectivity index (χ3v) is 7.04. The molecule has 1 N–H and O–H groups in total. The van der Waals surface area contributed by atoms with Gasteiger partial charge in [-0.25, -0.2) is 18.1 Å². The zero-order valence-corrected chi connectivity index (χ0v) is 16.3. The zero-order valence-electron chi connectivity index (χ0n) is 14.7. The number of nitrogens with one attached hydrogen (secondary N) is 1. The van der Waals surface area contributed by atoms with Crippen molar-refractivity contribution in [3.8, 4) is 5.69 Å². The number of hydrogen-bond donors (Lipinski definition) is 1. The average molecular weight is 419 g/mol. The van der Waals surface area contributed by atoms with Crippen molar-refractivity contribution in [3.63, 3.8) is 0 Å². The molecule has 1 atom stereocenters. The Balaban J connectivity index is 1.52. The summed E-state index contributed by atoms with van der Waals surface area (Å²) >= 11 is 1.33. The van der Waals surface area contributed by atoms with Crippen LogP contribution < -0.4 is 5.32 Å². The summed E-state index contributed by atoms with van der Waals surface area (Å²) in [6.07, 6.45) is 4.25. The molecule has 146 valence electrons. The van der Waals surface area contributed by atoms with Gasteiger partial charge >= 0.3 is 0 Å². The van der Waals surface area contributed by atoms with Crippen LogP contribution >= 0.6 is 11.3 Å². The van der Waals surface area contributed by atoms with Crippen LogP contribution in [0.3, 0.4) is 0 Å². The van der Waals surface area contributed by atoms with E-state index >= 15 is 0 Å². The van der Waals surface area contributed by atoms with Crippen LogP contribution in [0.25, 0.3) is 5.69 Å². The molecular formula is C16H17N7O3S2. The molecule has 0 saturated carbocycles. The number of nitrogens with zero attached hydrogens (tertiary/aromatic N) is 6. The summed E-state index contributed by atoms with van der Waals surface area (Å²) in [6.45, 7) is 0.507. The van der Waals surface area contributed by atoms with Crippen LogP contribution in [0.15, 0.2) is 47.1 Å². The minimum atomic E-state index is -3.75. The molecule has 1 aromatic carbocycles. The molecule has 0 aliphatic carbocycles. The highest BCUT2D eigenvalue weighted by molar-refractivity contribution is 7.89. The molecule has 4 rings (SSSR count). The summed E-state index contributed by atoms with van der Waals surface area (Å²) in [5.41, 5.74) is 0.543. The quantitative estimate of drug-likeness (QED) is 0.658. The Hall–Kier alpha value is -2.70.